The molecule has 0 aliphatic carbocycles. The lowest BCUT2D eigenvalue weighted by Crippen LogP contribution is -2.41. The van der Waals surface area contributed by atoms with Crippen LogP contribution in [0.2, 0.25) is 0 Å². The second-order valence-electron chi connectivity index (χ2n) is 7.56. The van der Waals surface area contributed by atoms with E-state index >= 15 is 0 Å². The van der Waals surface area contributed by atoms with E-state index in [1.165, 1.54) is 49.9 Å². The van der Waals surface area contributed by atoms with Crippen LogP contribution in [-0.2, 0) is 24.3 Å². The van der Waals surface area contributed by atoms with Crippen molar-refractivity contribution in [2.24, 2.45) is 5.92 Å². The Morgan fingerprint density at radius 3 is 2.15 bits per heavy atom. The van der Waals surface area contributed by atoms with Gasteiger partial charge in [0.1, 0.15) is 5.75 Å². The number of anilines is 1. The fraction of sp³-hybridized carbons (Fsp3) is 0.348. The van der Waals surface area contributed by atoms with Gasteiger partial charge < -0.3 is 19.5 Å². The summed E-state index contributed by atoms with van der Waals surface area (Å²) in [7, 11) is -0.0780. The van der Waals surface area contributed by atoms with Crippen molar-refractivity contribution in [2.45, 2.75) is 17.7 Å². The van der Waals surface area contributed by atoms with Gasteiger partial charge in [-0.25, -0.2) is 18.0 Å². The number of ether oxygens (including phenoxy) is 3. The molecule has 11 heteroatoms. The molecular weight excluding hydrogens is 464 g/mol. The molecule has 1 saturated heterocycles. The highest BCUT2D eigenvalue weighted by Crippen LogP contribution is 2.28. The second kappa shape index (κ2) is 10.7. The molecule has 0 radical (unpaired) electrons. The van der Waals surface area contributed by atoms with Crippen molar-refractivity contribution >= 4 is 33.6 Å². The van der Waals surface area contributed by atoms with E-state index in [1.807, 2.05) is 0 Å². The molecule has 2 aromatic rings. The molecule has 10 nitrogen and oxygen atoms in total. The number of nitrogens with one attached hydrogen (secondary N) is 1. The van der Waals surface area contributed by atoms with Crippen LogP contribution in [0.4, 0.5) is 5.69 Å². The largest absolute Gasteiger partial charge is 0.497 e. The van der Waals surface area contributed by atoms with E-state index in [-0.39, 0.29) is 53.5 Å². The Hall–Kier alpha value is -3.44. The normalized spacial score (nSPS) is 14.8. The van der Waals surface area contributed by atoms with Gasteiger partial charge in [-0.05, 0) is 43.2 Å². The SMILES string of the molecule is COC(=O)c1cc(OC)ccc1NC(=O)C1CCN(S(=O)(=O)c2ccccc2C(=O)OC)CC1. The monoisotopic (exact) mass is 490 g/mol. The minimum atomic E-state index is -3.96. The third-order valence-electron chi connectivity index (χ3n) is 5.62. The summed E-state index contributed by atoms with van der Waals surface area (Å²) in [5.41, 5.74) is 0.383. The van der Waals surface area contributed by atoms with Gasteiger partial charge in [-0.15, -0.1) is 0 Å². The van der Waals surface area contributed by atoms with E-state index in [2.05, 4.69) is 5.32 Å². The zero-order chi connectivity index (χ0) is 24.9. The molecule has 0 spiro atoms. The number of carbonyl (C=O) groups excluding carboxylic acids is 3. The van der Waals surface area contributed by atoms with Gasteiger partial charge >= 0.3 is 11.9 Å². The highest BCUT2D eigenvalue weighted by atomic mass is 32.2. The van der Waals surface area contributed by atoms with E-state index in [1.54, 1.807) is 18.2 Å². The molecule has 0 bridgehead atoms. The number of benzene rings is 2. The minimum Gasteiger partial charge on any atom is -0.497 e. The molecule has 3 rings (SSSR count). The minimum absolute atomic E-state index is 0.0419. The third kappa shape index (κ3) is 5.20. The van der Waals surface area contributed by atoms with Crippen molar-refractivity contribution in [3.8, 4) is 5.75 Å². The lowest BCUT2D eigenvalue weighted by molar-refractivity contribution is -0.120. The van der Waals surface area contributed by atoms with Crippen molar-refractivity contribution < 1.29 is 37.0 Å². The van der Waals surface area contributed by atoms with Crippen LogP contribution in [-0.4, -0.2) is 65.0 Å². The highest BCUT2D eigenvalue weighted by Gasteiger charge is 2.34. The van der Waals surface area contributed by atoms with Crippen molar-refractivity contribution in [3.63, 3.8) is 0 Å². The summed E-state index contributed by atoms with van der Waals surface area (Å²) in [4.78, 5) is 36.9. The second-order valence-corrected chi connectivity index (χ2v) is 9.46. The summed E-state index contributed by atoms with van der Waals surface area (Å²) >= 11 is 0. The Labute approximate surface area is 197 Å². The fourth-order valence-electron chi connectivity index (χ4n) is 3.74. The van der Waals surface area contributed by atoms with Crippen molar-refractivity contribution in [1.82, 2.24) is 4.31 Å². The van der Waals surface area contributed by atoms with Crippen LogP contribution in [0.15, 0.2) is 47.4 Å². The number of nitrogens with zero attached hydrogens (tertiary/aromatic N) is 1. The van der Waals surface area contributed by atoms with Crippen molar-refractivity contribution in [3.05, 3.63) is 53.6 Å². The number of hydrogen-bond acceptors (Lipinski definition) is 8. The number of esters is 2. The Morgan fingerprint density at radius 2 is 1.53 bits per heavy atom. The average molecular weight is 491 g/mol. The fourth-order valence-corrected chi connectivity index (χ4v) is 5.39. The summed E-state index contributed by atoms with van der Waals surface area (Å²) in [5, 5.41) is 2.74. The number of methoxy groups -OCH3 is 3. The Bertz CT molecular complexity index is 1190. The molecule has 1 aliphatic rings. The van der Waals surface area contributed by atoms with Gasteiger partial charge in [0.15, 0.2) is 0 Å². The first kappa shape index (κ1) is 25.2. The molecule has 1 fully saturated rings. The molecule has 0 saturated carbocycles. The first-order valence-electron chi connectivity index (χ1n) is 10.5. The smallest absolute Gasteiger partial charge is 0.340 e. The van der Waals surface area contributed by atoms with Crippen LogP contribution in [0.3, 0.4) is 0 Å². The van der Waals surface area contributed by atoms with Crippen LogP contribution in [0.5, 0.6) is 5.75 Å². The lowest BCUT2D eigenvalue weighted by atomic mass is 9.97. The van der Waals surface area contributed by atoms with Crippen LogP contribution >= 0.6 is 0 Å². The van der Waals surface area contributed by atoms with Gasteiger partial charge in [0, 0.05) is 19.0 Å². The molecule has 1 N–H and O–H groups in total. The van der Waals surface area contributed by atoms with Gasteiger partial charge in [-0.2, -0.15) is 4.31 Å². The van der Waals surface area contributed by atoms with Crippen LogP contribution < -0.4 is 10.1 Å². The Morgan fingerprint density at radius 1 is 0.912 bits per heavy atom. The molecule has 1 amide bonds. The van der Waals surface area contributed by atoms with Gasteiger partial charge in [0.05, 0.1) is 43.0 Å². The maximum Gasteiger partial charge on any atom is 0.340 e. The summed E-state index contributed by atoms with van der Waals surface area (Å²) in [5.74, 6) is -1.73. The predicted molar refractivity (Wildman–Crippen MR) is 122 cm³/mol. The zero-order valence-electron chi connectivity index (χ0n) is 19.1. The first-order valence-corrected chi connectivity index (χ1v) is 11.9. The van der Waals surface area contributed by atoms with Gasteiger partial charge in [0.25, 0.3) is 0 Å². The van der Waals surface area contributed by atoms with Gasteiger partial charge in [-0.3, -0.25) is 4.79 Å². The molecule has 2 aromatic carbocycles. The lowest BCUT2D eigenvalue weighted by Gasteiger charge is -2.31. The topological polar surface area (TPSA) is 128 Å². The maximum atomic E-state index is 13.2. The highest BCUT2D eigenvalue weighted by molar-refractivity contribution is 7.89. The van der Waals surface area contributed by atoms with E-state index < -0.39 is 27.9 Å². The third-order valence-corrected chi connectivity index (χ3v) is 7.58. The molecule has 182 valence electrons. The number of rotatable bonds is 7. The summed E-state index contributed by atoms with van der Waals surface area (Å²) < 4.78 is 42.2. The Balaban J connectivity index is 1.72. The summed E-state index contributed by atoms with van der Waals surface area (Å²) in [6.07, 6.45) is 0.546. The number of hydrogen-bond donors (Lipinski definition) is 1. The maximum absolute atomic E-state index is 13.2. The van der Waals surface area contributed by atoms with Gasteiger partial charge in [0.2, 0.25) is 15.9 Å². The number of piperidine rings is 1. The van der Waals surface area contributed by atoms with Gasteiger partial charge in [-0.1, -0.05) is 12.1 Å². The first-order chi connectivity index (χ1) is 16.2. The zero-order valence-corrected chi connectivity index (χ0v) is 19.9. The van der Waals surface area contributed by atoms with Crippen molar-refractivity contribution in [2.75, 3.05) is 39.7 Å². The van der Waals surface area contributed by atoms with E-state index in [0.717, 1.165) is 0 Å². The molecule has 0 aromatic heterocycles. The number of carbonyl (C=O) groups is 3. The van der Waals surface area contributed by atoms with E-state index in [4.69, 9.17) is 14.2 Å². The average Bonchev–Trinajstić information content (AvgIpc) is 2.87. The molecule has 1 aliphatic heterocycles. The van der Waals surface area contributed by atoms with Crippen LogP contribution in [0.25, 0.3) is 0 Å². The molecule has 0 unspecified atom stereocenters. The van der Waals surface area contributed by atoms with Crippen LogP contribution in [0, 0.1) is 5.92 Å². The standard InChI is InChI=1S/C23H26N2O8S/c1-31-16-8-9-19(18(14-16)23(28)33-3)24-21(26)15-10-12-25(13-11-15)34(29,30)20-7-5-4-6-17(20)22(27)32-2/h4-9,14-15H,10-13H2,1-3H3,(H,24,26). The Kier molecular flexibility index (Phi) is 7.90. The summed E-state index contributed by atoms with van der Waals surface area (Å²) in [6.45, 7) is 0.199. The predicted octanol–water partition coefficient (Wildman–Crippen LogP) is 2.31. The number of amides is 1. The van der Waals surface area contributed by atoms with Crippen molar-refractivity contribution in [1.29, 1.82) is 0 Å². The molecule has 1 heterocycles. The quantitative estimate of drug-likeness (QED) is 0.586. The molecule has 0 atom stereocenters. The van der Waals surface area contributed by atoms with E-state index in [0.29, 0.717) is 5.75 Å². The van der Waals surface area contributed by atoms with Crippen LogP contribution in [0.1, 0.15) is 33.6 Å². The molecular formula is C23H26N2O8S. The molecule has 34 heavy (non-hydrogen) atoms. The van der Waals surface area contributed by atoms with E-state index in [9.17, 15) is 22.8 Å². The number of sulfonamides is 1. The summed E-state index contributed by atoms with van der Waals surface area (Å²) in [6, 6.07) is 10.5.